The Bertz CT molecular complexity index is 225. The Labute approximate surface area is 91.0 Å². The topological polar surface area (TPSA) is 78.8 Å². The third kappa shape index (κ3) is 5.15. The van der Waals surface area contributed by atoms with E-state index in [9.17, 15) is 14.9 Å². The van der Waals surface area contributed by atoms with Gasteiger partial charge >= 0.3 is 7.12 Å². The minimum absolute atomic E-state index is 0.00877. The van der Waals surface area contributed by atoms with Crippen LogP contribution in [-0.2, 0) is 9.45 Å². The normalized spacial score (nSPS) is 12.5. The Morgan fingerprint density at radius 3 is 2.20 bits per heavy atom. The van der Waals surface area contributed by atoms with Crippen LogP contribution in [0.2, 0.25) is 0 Å². The minimum Gasteiger partial charge on any atom is -0.426 e. The molecule has 0 aliphatic carbocycles. The molecule has 0 aromatic rings. The van der Waals surface area contributed by atoms with E-state index in [-0.39, 0.29) is 12.4 Å². The molecule has 6 heteroatoms. The lowest BCUT2D eigenvalue weighted by Gasteiger charge is -2.38. The maximum atomic E-state index is 10.6. The molecule has 0 aliphatic rings. The van der Waals surface area contributed by atoms with E-state index in [1.165, 1.54) is 6.92 Å². The molecule has 0 aromatic carbocycles. The van der Waals surface area contributed by atoms with Crippen LogP contribution >= 0.6 is 0 Å². The van der Waals surface area contributed by atoms with Crippen molar-refractivity contribution in [2.24, 2.45) is 0 Å². The molecule has 1 amide bonds. The molecule has 0 spiro atoms. The van der Waals surface area contributed by atoms with Gasteiger partial charge in [-0.05, 0) is 27.7 Å². The van der Waals surface area contributed by atoms with E-state index in [4.69, 9.17) is 4.65 Å². The summed E-state index contributed by atoms with van der Waals surface area (Å²) < 4.78 is 5.24. The lowest BCUT2D eigenvalue weighted by Crippen LogP contribution is -2.52. The van der Waals surface area contributed by atoms with E-state index < -0.39 is 18.3 Å². The summed E-state index contributed by atoms with van der Waals surface area (Å²) in [7, 11) is -1.13. The van der Waals surface area contributed by atoms with E-state index in [2.05, 4.69) is 5.32 Å². The van der Waals surface area contributed by atoms with Crippen LogP contribution in [0.1, 0.15) is 34.6 Å². The van der Waals surface area contributed by atoms with Crippen molar-refractivity contribution in [3.05, 3.63) is 0 Å². The van der Waals surface area contributed by atoms with Gasteiger partial charge in [0.05, 0.1) is 17.6 Å². The number of hydrogen-bond donors (Lipinski definition) is 3. The largest absolute Gasteiger partial charge is 0.475 e. The fraction of sp³-hybridized carbons (Fsp3) is 0.889. The highest BCUT2D eigenvalue weighted by molar-refractivity contribution is 6.43. The maximum absolute atomic E-state index is 10.6. The fourth-order valence-corrected chi connectivity index (χ4v) is 0.757. The summed E-state index contributed by atoms with van der Waals surface area (Å²) in [5.41, 5.74) is -1.98. The van der Waals surface area contributed by atoms with Gasteiger partial charge in [0, 0.05) is 6.92 Å². The van der Waals surface area contributed by atoms with Crippen molar-refractivity contribution < 1.29 is 19.6 Å². The zero-order valence-electron chi connectivity index (χ0n) is 10.00. The molecule has 0 atom stereocenters. The molecule has 0 heterocycles. The van der Waals surface area contributed by atoms with Gasteiger partial charge < -0.3 is 20.1 Å². The van der Waals surface area contributed by atoms with E-state index in [1.807, 2.05) is 0 Å². The third-order valence-electron chi connectivity index (χ3n) is 2.43. The Hall–Kier alpha value is -0.585. The van der Waals surface area contributed by atoms with Crippen molar-refractivity contribution in [3.8, 4) is 0 Å². The van der Waals surface area contributed by atoms with Crippen LogP contribution in [0.25, 0.3) is 0 Å². The zero-order chi connectivity index (χ0) is 12.3. The average molecular weight is 217 g/mol. The molecule has 15 heavy (non-hydrogen) atoms. The highest BCUT2D eigenvalue weighted by atomic mass is 16.5. The third-order valence-corrected chi connectivity index (χ3v) is 2.43. The van der Waals surface area contributed by atoms with Gasteiger partial charge in [-0.3, -0.25) is 4.79 Å². The van der Waals surface area contributed by atoms with Crippen LogP contribution in [0, 0.1) is 0 Å². The molecule has 0 unspecified atom stereocenters. The van der Waals surface area contributed by atoms with Crippen molar-refractivity contribution in [1.82, 2.24) is 5.32 Å². The summed E-state index contributed by atoms with van der Waals surface area (Å²) in [6.45, 7) is 7.89. The van der Waals surface area contributed by atoms with Crippen molar-refractivity contribution in [2.45, 2.75) is 45.8 Å². The first-order valence-corrected chi connectivity index (χ1v) is 4.89. The Kier molecular flexibility index (Phi) is 4.77. The predicted octanol–water partition coefficient (Wildman–Crippen LogP) is -0.292. The van der Waals surface area contributed by atoms with Crippen molar-refractivity contribution >= 4 is 13.0 Å². The summed E-state index contributed by atoms with van der Waals surface area (Å²) in [4.78, 5) is 10.6. The van der Waals surface area contributed by atoms with Crippen LogP contribution in [0.15, 0.2) is 0 Å². The molecular formula is C9H20BNO4. The van der Waals surface area contributed by atoms with Gasteiger partial charge in [-0.1, -0.05) is 0 Å². The maximum Gasteiger partial charge on any atom is 0.475 e. The molecule has 0 aromatic heterocycles. The number of rotatable bonds is 5. The van der Waals surface area contributed by atoms with Crippen LogP contribution < -0.4 is 5.32 Å². The molecular weight excluding hydrogens is 197 g/mol. The van der Waals surface area contributed by atoms with Crippen LogP contribution in [-0.4, -0.2) is 40.8 Å². The number of carbonyl (C=O) groups is 1. The highest BCUT2D eigenvalue weighted by Gasteiger charge is 2.38. The Morgan fingerprint density at radius 1 is 1.40 bits per heavy atom. The predicted molar refractivity (Wildman–Crippen MR) is 58.1 cm³/mol. The van der Waals surface area contributed by atoms with E-state index in [0.717, 1.165) is 0 Å². The molecule has 0 fully saturated rings. The van der Waals surface area contributed by atoms with Crippen molar-refractivity contribution in [1.29, 1.82) is 0 Å². The number of carbonyl (C=O) groups excluding carboxylic acids is 1. The molecule has 0 aliphatic heterocycles. The summed E-state index contributed by atoms with van der Waals surface area (Å²) in [6, 6.07) is 0. The molecule has 0 saturated carbocycles. The summed E-state index contributed by atoms with van der Waals surface area (Å²) in [5, 5.41) is 21.6. The van der Waals surface area contributed by atoms with Gasteiger partial charge in [0.2, 0.25) is 5.91 Å². The zero-order valence-corrected chi connectivity index (χ0v) is 10.00. The van der Waals surface area contributed by atoms with Gasteiger partial charge in [-0.15, -0.1) is 0 Å². The smallest absolute Gasteiger partial charge is 0.426 e. The lowest BCUT2D eigenvalue weighted by atomic mass is 9.83. The summed E-state index contributed by atoms with van der Waals surface area (Å²) >= 11 is 0. The monoisotopic (exact) mass is 217 g/mol. The van der Waals surface area contributed by atoms with Gasteiger partial charge in [-0.2, -0.15) is 0 Å². The van der Waals surface area contributed by atoms with Crippen LogP contribution in [0.5, 0.6) is 0 Å². The number of nitrogens with one attached hydrogen (secondary N) is 1. The quantitative estimate of drug-likeness (QED) is 0.553. The number of aliphatic hydroxyl groups is 1. The van der Waals surface area contributed by atoms with Crippen LogP contribution in [0.4, 0.5) is 0 Å². The number of hydrogen-bond acceptors (Lipinski definition) is 4. The molecule has 0 bridgehead atoms. The first-order chi connectivity index (χ1) is 6.56. The van der Waals surface area contributed by atoms with Crippen LogP contribution in [0.3, 0.4) is 0 Å². The SMILES string of the molecule is CC(=O)NCB(O)OC(C)(C)C(C)(C)O. The Balaban J connectivity index is 4.16. The summed E-state index contributed by atoms with van der Waals surface area (Å²) in [6.07, 6.45) is 0.00877. The molecule has 0 radical (unpaired) electrons. The minimum atomic E-state index is -1.13. The van der Waals surface area contributed by atoms with Gasteiger partial charge in [0.25, 0.3) is 0 Å². The lowest BCUT2D eigenvalue weighted by molar-refractivity contribution is -0.119. The standard InChI is InChI=1S/C9H20BNO4/c1-7(12)11-6-10(14)15-9(4,5)8(2,3)13/h13-14H,6H2,1-5H3,(H,11,12). The fourth-order valence-electron chi connectivity index (χ4n) is 0.757. The second-order valence-electron chi connectivity index (χ2n) is 4.58. The van der Waals surface area contributed by atoms with E-state index >= 15 is 0 Å². The van der Waals surface area contributed by atoms with Gasteiger partial charge in [0.15, 0.2) is 0 Å². The van der Waals surface area contributed by atoms with Gasteiger partial charge in [0.1, 0.15) is 0 Å². The molecule has 88 valence electrons. The molecule has 5 nitrogen and oxygen atoms in total. The van der Waals surface area contributed by atoms with Crippen molar-refractivity contribution in [2.75, 3.05) is 6.44 Å². The van der Waals surface area contributed by atoms with Crippen molar-refractivity contribution in [3.63, 3.8) is 0 Å². The number of amides is 1. The molecule has 3 N–H and O–H groups in total. The van der Waals surface area contributed by atoms with E-state index in [0.29, 0.717) is 0 Å². The second-order valence-corrected chi connectivity index (χ2v) is 4.58. The van der Waals surface area contributed by atoms with E-state index in [1.54, 1.807) is 27.7 Å². The molecule has 0 saturated heterocycles. The molecule has 0 rings (SSSR count). The average Bonchev–Trinajstić information content (AvgIpc) is 1.97. The highest BCUT2D eigenvalue weighted by Crippen LogP contribution is 2.25. The first-order valence-electron chi connectivity index (χ1n) is 4.89. The first kappa shape index (κ1) is 14.4. The second kappa shape index (κ2) is 4.96. The Morgan fingerprint density at radius 2 is 1.87 bits per heavy atom. The summed E-state index contributed by atoms with van der Waals surface area (Å²) in [5.74, 6) is -0.237. The van der Waals surface area contributed by atoms with Gasteiger partial charge in [-0.25, -0.2) is 0 Å².